The van der Waals surface area contributed by atoms with E-state index in [0.29, 0.717) is 18.1 Å². The van der Waals surface area contributed by atoms with Crippen LogP contribution in [-0.2, 0) is 0 Å². The summed E-state index contributed by atoms with van der Waals surface area (Å²) in [7, 11) is 0. The largest absolute Gasteiger partial charge is 0.491 e. The molecule has 0 saturated carbocycles. The van der Waals surface area contributed by atoms with Gasteiger partial charge in [-0.05, 0) is 18.6 Å². The van der Waals surface area contributed by atoms with Crippen LogP contribution in [0.1, 0.15) is 44.7 Å². The summed E-state index contributed by atoms with van der Waals surface area (Å²) in [5, 5.41) is 7.38. The molecule has 0 fully saturated rings. The molecule has 0 aromatic carbocycles. The fraction of sp³-hybridized carbons (Fsp3) is 0.538. The van der Waals surface area contributed by atoms with E-state index in [4.69, 9.17) is 15.9 Å². The molecule has 4 heteroatoms. The molecule has 0 radical (unpaired) electrons. The lowest BCUT2D eigenvalue weighted by Crippen LogP contribution is -2.15. The van der Waals surface area contributed by atoms with Crippen molar-refractivity contribution in [3.05, 3.63) is 24.0 Å². The first-order valence-corrected chi connectivity index (χ1v) is 6.18. The lowest BCUT2D eigenvalue weighted by molar-refractivity contribution is 0.303. The fourth-order valence-corrected chi connectivity index (χ4v) is 1.60. The van der Waals surface area contributed by atoms with Crippen molar-refractivity contribution in [2.45, 2.75) is 39.0 Å². The summed E-state index contributed by atoms with van der Waals surface area (Å²) in [6.45, 7) is 2.86. The van der Waals surface area contributed by atoms with Crippen LogP contribution in [0.3, 0.4) is 0 Å². The maximum absolute atomic E-state index is 7.38. The molecule has 1 heterocycles. The van der Waals surface area contributed by atoms with Crippen LogP contribution in [0, 0.1) is 5.41 Å². The number of nitrogens with one attached hydrogen (secondary N) is 1. The van der Waals surface area contributed by atoms with E-state index in [-0.39, 0.29) is 5.84 Å². The summed E-state index contributed by atoms with van der Waals surface area (Å²) in [6, 6.07) is 3.59. The van der Waals surface area contributed by atoms with Gasteiger partial charge in [0.05, 0.1) is 6.61 Å². The number of aromatic nitrogens is 1. The summed E-state index contributed by atoms with van der Waals surface area (Å²) in [6.07, 6.45) is 7.62. The monoisotopic (exact) mass is 235 g/mol. The third kappa shape index (κ3) is 4.85. The number of unbranched alkanes of at least 4 members (excludes halogenated alkanes) is 4. The number of rotatable bonds is 8. The van der Waals surface area contributed by atoms with Gasteiger partial charge in [0.1, 0.15) is 17.3 Å². The van der Waals surface area contributed by atoms with E-state index in [2.05, 4.69) is 11.9 Å². The average Bonchev–Trinajstić information content (AvgIpc) is 2.34. The summed E-state index contributed by atoms with van der Waals surface area (Å²) < 4.78 is 5.60. The van der Waals surface area contributed by atoms with Gasteiger partial charge < -0.3 is 10.5 Å². The molecule has 17 heavy (non-hydrogen) atoms. The minimum absolute atomic E-state index is 0.0495. The van der Waals surface area contributed by atoms with Gasteiger partial charge in [-0.15, -0.1) is 0 Å². The molecule has 0 saturated heterocycles. The first-order chi connectivity index (χ1) is 8.25. The van der Waals surface area contributed by atoms with Gasteiger partial charge in [0.2, 0.25) is 0 Å². The Bertz CT molecular complexity index is 352. The zero-order valence-electron chi connectivity index (χ0n) is 10.4. The SMILES string of the molecule is CCCCCCCOc1cccnc1C(=N)N. The first-order valence-electron chi connectivity index (χ1n) is 6.18. The summed E-state index contributed by atoms with van der Waals surface area (Å²) in [5.41, 5.74) is 5.86. The van der Waals surface area contributed by atoms with Crippen molar-refractivity contribution in [1.29, 1.82) is 5.41 Å². The van der Waals surface area contributed by atoms with Crippen LogP contribution in [0.2, 0.25) is 0 Å². The van der Waals surface area contributed by atoms with Crippen molar-refractivity contribution in [3.63, 3.8) is 0 Å². The highest BCUT2D eigenvalue weighted by Crippen LogP contribution is 2.15. The summed E-state index contributed by atoms with van der Waals surface area (Å²) in [4.78, 5) is 4.03. The van der Waals surface area contributed by atoms with E-state index in [1.165, 1.54) is 25.7 Å². The highest BCUT2D eigenvalue weighted by molar-refractivity contribution is 5.95. The number of ether oxygens (including phenoxy) is 1. The molecule has 0 bridgehead atoms. The van der Waals surface area contributed by atoms with E-state index in [0.717, 1.165) is 6.42 Å². The van der Waals surface area contributed by atoms with Crippen molar-refractivity contribution in [2.24, 2.45) is 5.73 Å². The van der Waals surface area contributed by atoms with Crippen LogP contribution in [0.5, 0.6) is 5.75 Å². The van der Waals surface area contributed by atoms with Gasteiger partial charge in [-0.2, -0.15) is 0 Å². The average molecular weight is 235 g/mol. The molecule has 0 unspecified atom stereocenters. The molecule has 0 aliphatic rings. The number of amidine groups is 1. The molecule has 1 aromatic heterocycles. The van der Waals surface area contributed by atoms with Gasteiger partial charge in [0.25, 0.3) is 0 Å². The second-order valence-electron chi connectivity index (χ2n) is 4.03. The predicted molar refractivity (Wildman–Crippen MR) is 69.5 cm³/mol. The van der Waals surface area contributed by atoms with Crippen LogP contribution in [0.4, 0.5) is 0 Å². The third-order valence-electron chi connectivity index (χ3n) is 2.53. The van der Waals surface area contributed by atoms with E-state index in [1.807, 2.05) is 0 Å². The Morgan fingerprint density at radius 3 is 2.82 bits per heavy atom. The van der Waals surface area contributed by atoms with Crippen LogP contribution >= 0.6 is 0 Å². The Morgan fingerprint density at radius 1 is 1.35 bits per heavy atom. The maximum atomic E-state index is 7.38. The van der Waals surface area contributed by atoms with Crippen molar-refractivity contribution >= 4 is 5.84 Å². The van der Waals surface area contributed by atoms with Gasteiger partial charge in [-0.25, -0.2) is 4.98 Å². The van der Waals surface area contributed by atoms with Crippen molar-refractivity contribution in [1.82, 2.24) is 4.98 Å². The number of hydrogen-bond acceptors (Lipinski definition) is 3. The summed E-state index contributed by atoms with van der Waals surface area (Å²) in [5.74, 6) is 0.557. The maximum Gasteiger partial charge on any atom is 0.148 e. The van der Waals surface area contributed by atoms with Crippen molar-refractivity contribution < 1.29 is 4.74 Å². The summed E-state index contributed by atoms with van der Waals surface area (Å²) >= 11 is 0. The molecule has 4 nitrogen and oxygen atoms in total. The smallest absolute Gasteiger partial charge is 0.148 e. The topological polar surface area (TPSA) is 72.0 Å². The molecule has 3 N–H and O–H groups in total. The molecular weight excluding hydrogens is 214 g/mol. The highest BCUT2D eigenvalue weighted by atomic mass is 16.5. The Labute approximate surface area is 103 Å². The standard InChI is InChI=1S/C13H21N3O/c1-2-3-4-5-6-10-17-11-8-7-9-16-12(11)13(14)15/h7-9H,2-6,10H2,1H3,(H3,14,15). The quantitative estimate of drug-likeness (QED) is 0.413. The van der Waals surface area contributed by atoms with Crippen LogP contribution in [-0.4, -0.2) is 17.4 Å². The molecule has 94 valence electrons. The van der Waals surface area contributed by atoms with Gasteiger partial charge >= 0.3 is 0 Å². The Kier molecular flexibility index (Phi) is 6.07. The molecule has 1 aromatic rings. The highest BCUT2D eigenvalue weighted by Gasteiger charge is 2.06. The van der Waals surface area contributed by atoms with Gasteiger partial charge in [0, 0.05) is 6.20 Å². The van der Waals surface area contributed by atoms with Gasteiger partial charge in [-0.3, -0.25) is 5.41 Å². The second kappa shape index (κ2) is 7.65. The van der Waals surface area contributed by atoms with Crippen LogP contribution in [0.25, 0.3) is 0 Å². The van der Waals surface area contributed by atoms with Crippen molar-refractivity contribution in [2.75, 3.05) is 6.61 Å². The number of hydrogen-bond donors (Lipinski definition) is 2. The number of nitrogens with two attached hydrogens (primary N) is 1. The molecule has 0 aliphatic heterocycles. The number of pyridine rings is 1. The van der Waals surface area contributed by atoms with Gasteiger partial charge in [0.15, 0.2) is 0 Å². The first kappa shape index (κ1) is 13.5. The molecule has 0 atom stereocenters. The van der Waals surface area contributed by atoms with Crippen molar-refractivity contribution in [3.8, 4) is 5.75 Å². The van der Waals surface area contributed by atoms with Crippen LogP contribution in [0.15, 0.2) is 18.3 Å². The molecule has 1 rings (SSSR count). The van der Waals surface area contributed by atoms with E-state index in [1.54, 1.807) is 18.3 Å². The van der Waals surface area contributed by atoms with E-state index >= 15 is 0 Å². The lowest BCUT2D eigenvalue weighted by Gasteiger charge is -2.09. The predicted octanol–water partition coefficient (Wildman–Crippen LogP) is 2.71. The minimum atomic E-state index is -0.0495. The fourth-order valence-electron chi connectivity index (χ4n) is 1.60. The zero-order valence-corrected chi connectivity index (χ0v) is 10.4. The van der Waals surface area contributed by atoms with Crippen LogP contribution < -0.4 is 10.5 Å². The zero-order chi connectivity index (χ0) is 12.5. The Hall–Kier alpha value is -1.58. The second-order valence-corrected chi connectivity index (χ2v) is 4.03. The normalized spacial score (nSPS) is 10.2. The number of nitrogen functional groups attached to an aromatic ring is 1. The minimum Gasteiger partial charge on any atom is -0.491 e. The molecular formula is C13H21N3O. The Morgan fingerprint density at radius 2 is 2.12 bits per heavy atom. The van der Waals surface area contributed by atoms with E-state index < -0.39 is 0 Å². The molecule has 0 amide bonds. The third-order valence-corrected chi connectivity index (χ3v) is 2.53. The number of nitrogens with zero attached hydrogens (tertiary/aromatic N) is 1. The lowest BCUT2D eigenvalue weighted by atomic mass is 10.2. The van der Waals surface area contributed by atoms with E-state index in [9.17, 15) is 0 Å². The Balaban J connectivity index is 2.34. The van der Waals surface area contributed by atoms with Gasteiger partial charge in [-0.1, -0.05) is 32.6 Å². The molecule has 0 spiro atoms. The molecule has 0 aliphatic carbocycles.